The van der Waals surface area contributed by atoms with Gasteiger partial charge in [-0.2, -0.15) is 0 Å². The van der Waals surface area contributed by atoms with Gasteiger partial charge in [-0.15, -0.1) is 0 Å². The Balaban J connectivity index is 2.28. The normalized spacial score (nSPS) is 16.9. The summed E-state index contributed by atoms with van der Waals surface area (Å²) in [5.74, 6) is -0.268. The van der Waals surface area contributed by atoms with Crippen molar-refractivity contribution in [2.24, 2.45) is 0 Å². The average molecular weight is 217 g/mol. The Kier molecular flexibility index (Phi) is 3.34. The van der Waals surface area contributed by atoms with Crippen LogP contribution in [0.3, 0.4) is 0 Å². The van der Waals surface area contributed by atoms with Gasteiger partial charge in [-0.1, -0.05) is 6.07 Å². The summed E-state index contributed by atoms with van der Waals surface area (Å²) in [6.45, 7) is 2.22. The highest BCUT2D eigenvalue weighted by atomic mass is 16.5. The highest BCUT2D eigenvalue weighted by Crippen LogP contribution is 2.28. The zero-order valence-electron chi connectivity index (χ0n) is 9.40. The van der Waals surface area contributed by atoms with Crippen LogP contribution < -0.4 is 0 Å². The Morgan fingerprint density at radius 3 is 3.25 bits per heavy atom. The molecule has 16 heavy (non-hydrogen) atoms. The molecule has 1 aliphatic rings. The van der Waals surface area contributed by atoms with Gasteiger partial charge in [-0.3, -0.25) is 4.98 Å². The molecule has 3 heteroatoms. The number of hydrogen-bond acceptors (Lipinski definition) is 3. The van der Waals surface area contributed by atoms with Gasteiger partial charge in [0.15, 0.2) is 0 Å². The Labute approximate surface area is 95.2 Å². The second-order valence-corrected chi connectivity index (χ2v) is 3.79. The average Bonchev–Trinajstić information content (AvgIpc) is 2.30. The largest absolute Gasteiger partial charge is 0.463 e. The van der Waals surface area contributed by atoms with Crippen LogP contribution >= 0.6 is 0 Å². The third-order valence-corrected chi connectivity index (χ3v) is 2.67. The van der Waals surface area contributed by atoms with Crippen LogP contribution in [0.2, 0.25) is 0 Å². The second kappa shape index (κ2) is 4.92. The molecule has 3 nitrogen and oxygen atoms in total. The fraction of sp³-hybridized carbons (Fsp3) is 0.385. The molecule has 1 aromatic heterocycles. The number of hydrogen-bond donors (Lipinski definition) is 0. The summed E-state index contributed by atoms with van der Waals surface area (Å²) in [5, 5.41) is 0. The van der Waals surface area contributed by atoms with E-state index in [4.69, 9.17) is 4.74 Å². The van der Waals surface area contributed by atoms with Crippen LogP contribution in [0.25, 0.3) is 5.57 Å². The SMILES string of the molecule is CCOC(=O)/C=C1/CCCc2cccnc21. The van der Waals surface area contributed by atoms with Crippen LogP contribution in [0.1, 0.15) is 31.0 Å². The highest BCUT2D eigenvalue weighted by molar-refractivity contribution is 5.91. The zero-order chi connectivity index (χ0) is 11.4. The lowest BCUT2D eigenvalue weighted by Gasteiger charge is -2.17. The molecular weight excluding hydrogens is 202 g/mol. The van der Waals surface area contributed by atoms with Crippen molar-refractivity contribution in [3.05, 3.63) is 35.7 Å². The molecule has 0 atom stereocenters. The number of rotatable bonds is 2. The first kappa shape index (κ1) is 10.9. The van der Waals surface area contributed by atoms with E-state index in [-0.39, 0.29) is 5.97 Å². The maximum Gasteiger partial charge on any atom is 0.331 e. The molecular formula is C13H15NO2. The van der Waals surface area contributed by atoms with E-state index >= 15 is 0 Å². The van der Waals surface area contributed by atoms with Crippen molar-refractivity contribution in [3.63, 3.8) is 0 Å². The van der Waals surface area contributed by atoms with Crippen molar-refractivity contribution < 1.29 is 9.53 Å². The predicted molar refractivity (Wildman–Crippen MR) is 61.8 cm³/mol. The van der Waals surface area contributed by atoms with Crippen LogP contribution in [0.4, 0.5) is 0 Å². The molecule has 1 aromatic rings. The molecule has 0 unspecified atom stereocenters. The van der Waals surface area contributed by atoms with Crippen molar-refractivity contribution in [1.82, 2.24) is 4.98 Å². The number of nitrogens with zero attached hydrogens (tertiary/aromatic N) is 1. The first-order valence-corrected chi connectivity index (χ1v) is 5.63. The van der Waals surface area contributed by atoms with E-state index < -0.39 is 0 Å². The lowest BCUT2D eigenvalue weighted by atomic mass is 9.91. The lowest BCUT2D eigenvalue weighted by Crippen LogP contribution is -2.07. The minimum absolute atomic E-state index is 0.268. The zero-order valence-corrected chi connectivity index (χ0v) is 9.40. The number of aromatic nitrogens is 1. The molecule has 0 fully saturated rings. The molecule has 84 valence electrons. The molecule has 0 amide bonds. The number of fused-ring (bicyclic) bond motifs is 1. The molecule has 0 N–H and O–H groups in total. The number of carbonyl (C=O) groups excluding carboxylic acids is 1. The number of allylic oxidation sites excluding steroid dienone is 1. The Hall–Kier alpha value is -1.64. The molecule has 1 heterocycles. The minimum Gasteiger partial charge on any atom is -0.463 e. The minimum atomic E-state index is -0.268. The van der Waals surface area contributed by atoms with Gasteiger partial charge in [-0.25, -0.2) is 4.79 Å². The quantitative estimate of drug-likeness (QED) is 0.564. The molecule has 0 aliphatic heterocycles. The maximum atomic E-state index is 11.4. The molecule has 0 saturated carbocycles. The van der Waals surface area contributed by atoms with Crippen molar-refractivity contribution in [2.45, 2.75) is 26.2 Å². The molecule has 0 bridgehead atoms. The fourth-order valence-corrected chi connectivity index (χ4v) is 1.98. The van der Waals surface area contributed by atoms with Crippen molar-refractivity contribution >= 4 is 11.5 Å². The van der Waals surface area contributed by atoms with Gasteiger partial charge >= 0.3 is 5.97 Å². The molecule has 0 spiro atoms. The smallest absolute Gasteiger partial charge is 0.331 e. The maximum absolute atomic E-state index is 11.4. The standard InChI is InChI=1S/C13H15NO2/c1-2-16-12(15)9-11-6-3-5-10-7-4-8-14-13(10)11/h4,7-9H,2-3,5-6H2,1H3/b11-9-. The summed E-state index contributed by atoms with van der Waals surface area (Å²) in [4.78, 5) is 15.7. The van der Waals surface area contributed by atoms with Crippen LogP contribution in [-0.4, -0.2) is 17.6 Å². The van der Waals surface area contributed by atoms with Crippen molar-refractivity contribution in [3.8, 4) is 0 Å². The van der Waals surface area contributed by atoms with E-state index in [0.29, 0.717) is 6.61 Å². The fourth-order valence-electron chi connectivity index (χ4n) is 1.98. The van der Waals surface area contributed by atoms with Crippen LogP contribution in [0.5, 0.6) is 0 Å². The monoisotopic (exact) mass is 217 g/mol. The first-order valence-electron chi connectivity index (χ1n) is 5.63. The molecule has 0 radical (unpaired) electrons. The molecule has 2 rings (SSSR count). The molecule has 0 aromatic carbocycles. The Bertz CT molecular complexity index is 424. The van der Waals surface area contributed by atoms with Gasteiger partial charge in [0.2, 0.25) is 0 Å². The Morgan fingerprint density at radius 2 is 2.44 bits per heavy atom. The van der Waals surface area contributed by atoms with Crippen LogP contribution in [-0.2, 0) is 16.0 Å². The van der Waals surface area contributed by atoms with Crippen molar-refractivity contribution in [1.29, 1.82) is 0 Å². The van der Waals surface area contributed by atoms with E-state index in [9.17, 15) is 4.79 Å². The van der Waals surface area contributed by atoms with E-state index in [2.05, 4.69) is 11.1 Å². The summed E-state index contributed by atoms with van der Waals surface area (Å²) in [5.41, 5.74) is 3.19. The number of pyridine rings is 1. The van der Waals surface area contributed by atoms with Gasteiger partial charge in [0, 0.05) is 12.3 Å². The van der Waals surface area contributed by atoms with Crippen LogP contribution in [0, 0.1) is 0 Å². The van der Waals surface area contributed by atoms with Gasteiger partial charge < -0.3 is 4.74 Å². The lowest BCUT2D eigenvalue weighted by molar-refractivity contribution is -0.137. The van der Waals surface area contributed by atoms with Gasteiger partial charge in [-0.05, 0) is 43.4 Å². The predicted octanol–water partition coefficient (Wildman–Crippen LogP) is 2.36. The van der Waals surface area contributed by atoms with Gasteiger partial charge in [0.25, 0.3) is 0 Å². The summed E-state index contributed by atoms with van der Waals surface area (Å²) in [6.07, 6.45) is 6.37. The summed E-state index contributed by atoms with van der Waals surface area (Å²) in [6, 6.07) is 4.01. The van der Waals surface area contributed by atoms with E-state index in [1.165, 1.54) is 5.56 Å². The second-order valence-electron chi connectivity index (χ2n) is 3.79. The number of aryl methyl sites for hydroxylation is 1. The van der Waals surface area contributed by atoms with Gasteiger partial charge in [0.1, 0.15) is 0 Å². The van der Waals surface area contributed by atoms with E-state index in [0.717, 1.165) is 30.5 Å². The topological polar surface area (TPSA) is 39.2 Å². The summed E-state index contributed by atoms with van der Waals surface area (Å²) >= 11 is 0. The van der Waals surface area contributed by atoms with E-state index in [1.807, 2.05) is 13.0 Å². The number of carbonyl (C=O) groups is 1. The van der Waals surface area contributed by atoms with E-state index in [1.54, 1.807) is 12.3 Å². The van der Waals surface area contributed by atoms with Crippen molar-refractivity contribution in [2.75, 3.05) is 6.61 Å². The molecule has 1 aliphatic carbocycles. The number of ether oxygens (including phenoxy) is 1. The summed E-state index contributed by atoms with van der Waals surface area (Å²) in [7, 11) is 0. The number of esters is 1. The third-order valence-electron chi connectivity index (χ3n) is 2.67. The third kappa shape index (κ3) is 2.30. The highest BCUT2D eigenvalue weighted by Gasteiger charge is 2.15. The summed E-state index contributed by atoms with van der Waals surface area (Å²) < 4.78 is 4.92. The molecule has 0 saturated heterocycles. The van der Waals surface area contributed by atoms with Crippen LogP contribution in [0.15, 0.2) is 24.4 Å². The van der Waals surface area contributed by atoms with Gasteiger partial charge in [0.05, 0.1) is 12.3 Å². The first-order chi connectivity index (χ1) is 7.81. The Morgan fingerprint density at radius 1 is 1.56 bits per heavy atom.